The Hall–Kier alpha value is -2.77. The lowest BCUT2D eigenvalue weighted by molar-refractivity contribution is -0.142. The van der Waals surface area contributed by atoms with Crippen LogP contribution in [0.25, 0.3) is 0 Å². The molecule has 2 aromatic heterocycles. The monoisotopic (exact) mass is 397 g/mol. The number of likely N-dealkylation sites (tertiary alicyclic amines) is 2. The molecule has 0 atom stereocenters. The van der Waals surface area contributed by atoms with E-state index >= 15 is 0 Å². The van der Waals surface area contributed by atoms with Gasteiger partial charge in [0.25, 0.3) is 0 Å². The topological polar surface area (TPSA) is 92.4 Å². The number of carbonyl (C=O) groups is 2. The first kappa shape index (κ1) is 19.5. The fraction of sp³-hybridized carbons (Fsp3) is 0.571. The van der Waals surface area contributed by atoms with Gasteiger partial charge in [-0.1, -0.05) is 10.3 Å². The van der Waals surface area contributed by atoms with Gasteiger partial charge in [-0.3, -0.25) is 14.6 Å². The van der Waals surface area contributed by atoms with Crippen molar-refractivity contribution in [2.75, 3.05) is 26.2 Å². The summed E-state index contributed by atoms with van der Waals surface area (Å²) in [4.78, 5) is 33.0. The van der Waals surface area contributed by atoms with Gasteiger partial charge in [0.1, 0.15) is 11.4 Å². The summed E-state index contributed by atoms with van der Waals surface area (Å²) in [6.45, 7) is 4.80. The van der Waals surface area contributed by atoms with E-state index in [2.05, 4.69) is 19.9 Å². The number of amides is 2. The number of nitrogens with zero attached hydrogens (tertiary/aromatic N) is 5. The number of aromatic nitrogens is 3. The maximum atomic E-state index is 12.6. The number of pyridine rings is 1. The Balaban J connectivity index is 1.31. The van der Waals surface area contributed by atoms with Crippen LogP contribution in [0.1, 0.15) is 42.6 Å². The highest BCUT2D eigenvalue weighted by Gasteiger charge is 2.41. The summed E-state index contributed by atoms with van der Waals surface area (Å²) >= 11 is 0. The van der Waals surface area contributed by atoms with Crippen molar-refractivity contribution in [3.05, 3.63) is 41.5 Å². The predicted octanol–water partition coefficient (Wildman–Crippen LogP) is 1.79. The van der Waals surface area contributed by atoms with Gasteiger partial charge in [-0.05, 0) is 55.7 Å². The van der Waals surface area contributed by atoms with Crippen LogP contribution in [0.5, 0.6) is 0 Å². The molecule has 2 fully saturated rings. The van der Waals surface area contributed by atoms with Gasteiger partial charge in [0.05, 0.1) is 6.42 Å². The largest absolute Gasteiger partial charge is 0.342 e. The van der Waals surface area contributed by atoms with Gasteiger partial charge < -0.3 is 9.80 Å². The van der Waals surface area contributed by atoms with Gasteiger partial charge in [-0.2, -0.15) is 0 Å². The molecule has 2 amide bonds. The van der Waals surface area contributed by atoms with Crippen LogP contribution in [-0.2, 0) is 22.4 Å². The summed E-state index contributed by atoms with van der Waals surface area (Å²) in [5.41, 5.74) is 2.61. The summed E-state index contributed by atoms with van der Waals surface area (Å²) in [7, 11) is 0. The van der Waals surface area contributed by atoms with Gasteiger partial charge in [0, 0.05) is 45.0 Å². The lowest BCUT2D eigenvalue weighted by Gasteiger charge is -2.47. The van der Waals surface area contributed by atoms with E-state index in [-0.39, 0.29) is 23.7 Å². The van der Waals surface area contributed by atoms with Crippen molar-refractivity contribution in [2.45, 2.75) is 45.4 Å². The van der Waals surface area contributed by atoms with Crippen molar-refractivity contribution in [1.82, 2.24) is 25.1 Å². The molecule has 2 aromatic rings. The maximum Gasteiger partial charge on any atom is 0.228 e. The summed E-state index contributed by atoms with van der Waals surface area (Å²) in [5, 5.41) is 7.56. The Labute approximate surface area is 170 Å². The van der Waals surface area contributed by atoms with Crippen LogP contribution >= 0.6 is 0 Å². The standard InChI is InChI=1S/C21H27N5O3/c1-16-18(24-29-23-16)14-20(28)25-12-7-21(8-13-25)6-2-19(27)26(15-21)11-5-17-3-9-22-10-4-17/h3-4,9-10H,2,5-8,11-15H2,1H3. The molecule has 1 spiro atoms. The van der Waals surface area contributed by atoms with Crippen LogP contribution < -0.4 is 0 Å². The third-order valence-electron chi connectivity index (χ3n) is 6.41. The zero-order valence-corrected chi connectivity index (χ0v) is 16.8. The van der Waals surface area contributed by atoms with Crippen molar-refractivity contribution in [3.8, 4) is 0 Å². The molecule has 8 nitrogen and oxygen atoms in total. The maximum absolute atomic E-state index is 12.6. The summed E-state index contributed by atoms with van der Waals surface area (Å²) in [6, 6.07) is 4.00. The second-order valence-electron chi connectivity index (χ2n) is 8.27. The summed E-state index contributed by atoms with van der Waals surface area (Å²) < 4.78 is 4.69. The minimum Gasteiger partial charge on any atom is -0.342 e. The SMILES string of the molecule is Cc1nonc1CC(=O)N1CCC2(CCC(=O)N(CCc3ccncc3)C2)CC1. The van der Waals surface area contributed by atoms with Crippen LogP contribution in [0.3, 0.4) is 0 Å². The molecule has 0 saturated carbocycles. The lowest BCUT2D eigenvalue weighted by Crippen LogP contribution is -2.52. The lowest BCUT2D eigenvalue weighted by atomic mass is 9.72. The highest BCUT2D eigenvalue weighted by atomic mass is 16.6. The molecule has 154 valence electrons. The van der Waals surface area contributed by atoms with Crippen LogP contribution in [0, 0.1) is 12.3 Å². The molecule has 0 radical (unpaired) electrons. The molecule has 2 aliphatic rings. The van der Waals surface area contributed by atoms with Gasteiger partial charge >= 0.3 is 0 Å². The minimum absolute atomic E-state index is 0.0695. The van der Waals surface area contributed by atoms with E-state index in [9.17, 15) is 9.59 Å². The van der Waals surface area contributed by atoms with Crippen LogP contribution in [-0.4, -0.2) is 63.1 Å². The van der Waals surface area contributed by atoms with E-state index in [1.54, 1.807) is 19.3 Å². The van der Waals surface area contributed by atoms with Crippen LogP contribution in [0.2, 0.25) is 0 Å². The smallest absolute Gasteiger partial charge is 0.228 e. The Kier molecular flexibility index (Phi) is 5.60. The third-order valence-corrected chi connectivity index (χ3v) is 6.41. The van der Waals surface area contributed by atoms with E-state index < -0.39 is 0 Å². The third kappa shape index (κ3) is 4.46. The predicted molar refractivity (Wildman–Crippen MR) is 105 cm³/mol. The highest BCUT2D eigenvalue weighted by molar-refractivity contribution is 5.79. The number of piperidine rings is 2. The second kappa shape index (κ2) is 8.31. The van der Waals surface area contributed by atoms with E-state index in [4.69, 9.17) is 0 Å². The Morgan fingerprint density at radius 3 is 2.62 bits per heavy atom. The average molecular weight is 397 g/mol. The quantitative estimate of drug-likeness (QED) is 0.764. The molecule has 4 heterocycles. The van der Waals surface area contributed by atoms with E-state index in [1.165, 1.54) is 5.56 Å². The van der Waals surface area contributed by atoms with Gasteiger partial charge in [0.15, 0.2) is 0 Å². The second-order valence-corrected chi connectivity index (χ2v) is 8.27. The fourth-order valence-electron chi connectivity index (χ4n) is 4.42. The van der Waals surface area contributed by atoms with Crippen molar-refractivity contribution in [2.24, 2.45) is 5.41 Å². The van der Waals surface area contributed by atoms with E-state index in [0.29, 0.717) is 17.8 Å². The Morgan fingerprint density at radius 2 is 1.93 bits per heavy atom. The van der Waals surface area contributed by atoms with Crippen molar-refractivity contribution in [3.63, 3.8) is 0 Å². The van der Waals surface area contributed by atoms with Gasteiger partial charge in [0.2, 0.25) is 11.8 Å². The molecular weight excluding hydrogens is 370 g/mol. The molecule has 2 aliphatic heterocycles. The molecule has 0 bridgehead atoms. The first-order valence-electron chi connectivity index (χ1n) is 10.3. The fourth-order valence-corrected chi connectivity index (χ4v) is 4.42. The molecule has 2 saturated heterocycles. The number of aryl methyl sites for hydroxylation is 1. The average Bonchev–Trinajstić information content (AvgIpc) is 3.14. The summed E-state index contributed by atoms with van der Waals surface area (Å²) in [5.74, 6) is 0.317. The molecule has 0 N–H and O–H groups in total. The van der Waals surface area contributed by atoms with Crippen molar-refractivity contribution in [1.29, 1.82) is 0 Å². The number of carbonyl (C=O) groups excluding carboxylic acids is 2. The van der Waals surface area contributed by atoms with Crippen LogP contribution in [0.15, 0.2) is 29.2 Å². The van der Waals surface area contributed by atoms with Gasteiger partial charge in [-0.15, -0.1) is 0 Å². The number of hydrogen-bond donors (Lipinski definition) is 0. The first-order chi connectivity index (χ1) is 14.0. The molecule has 0 aliphatic carbocycles. The molecular formula is C21H27N5O3. The molecule has 4 rings (SSSR count). The molecule has 0 unspecified atom stereocenters. The number of rotatable bonds is 5. The number of hydrogen-bond acceptors (Lipinski definition) is 6. The summed E-state index contributed by atoms with van der Waals surface area (Å²) in [6.07, 6.45) is 8.07. The zero-order chi connectivity index (χ0) is 20.3. The zero-order valence-electron chi connectivity index (χ0n) is 16.8. The van der Waals surface area contributed by atoms with E-state index in [1.807, 2.05) is 21.9 Å². The van der Waals surface area contributed by atoms with Gasteiger partial charge in [-0.25, -0.2) is 4.63 Å². The van der Waals surface area contributed by atoms with Crippen molar-refractivity contribution >= 4 is 11.8 Å². The Bertz CT molecular complexity index is 858. The van der Waals surface area contributed by atoms with E-state index in [0.717, 1.165) is 51.9 Å². The Morgan fingerprint density at radius 1 is 1.17 bits per heavy atom. The normalized spacial score (nSPS) is 19.0. The first-order valence-corrected chi connectivity index (χ1v) is 10.3. The highest BCUT2D eigenvalue weighted by Crippen LogP contribution is 2.40. The molecule has 29 heavy (non-hydrogen) atoms. The molecule has 0 aromatic carbocycles. The van der Waals surface area contributed by atoms with Crippen molar-refractivity contribution < 1.29 is 14.2 Å². The van der Waals surface area contributed by atoms with Crippen LogP contribution in [0.4, 0.5) is 0 Å². The molecule has 8 heteroatoms. The minimum atomic E-state index is 0.0695.